The van der Waals surface area contributed by atoms with Crippen molar-refractivity contribution in [2.45, 2.75) is 25.7 Å². The van der Waals surface area contributed by atoms with Crippen molar-refractivity contribution >= 4 is 5.69 Å². The van der Waals surface area contributed by atoms with Crippen LogP contribution in [-0.4, -0.2) is 13.1 Å². The van der Waals surface area contributed by atoms with Crippen LogP contribution in [0.15, 0.2) is 24.3 Å². The van der Waals surface area contributed by atoms with Crippen molar-refractivity contribution in [1.82, 2.24) is 5.32 Å². The van der Waals surface area contributed by atoms with Gasteiger partial charge in [-0.05, 0) is 49.5 Å². The molecule has 2 heteroatoms. The Morgan fingerprint density at radius 2 is 1.87 bits per heavy atom. The van der Waals surface area contributed by atoms with Gasteiger partial charge in [0.1, 0.15) is 0 Å². The number of hydrogen-bond donors (Lipinski definition) is 2. The Kier molecular flexibility index (Phi) is 3.62. The van der Waals surface area contributed by atoms with Crippen molar-refractivity contribution in [3.05, 3.63) is 29.8 Å². The molecule has 1 aromatic carbocycles. The van der Waals surface area contributed by atoms with Crippen molar-refractivity contribution in [2.75, 3.05) is 18.8 Å². The molecule has 1 fully saturated rings. The van der Waals surface area contributed by atoms with E-state index < -0.39 is 0 Å². The maximum Gasteiger partial charge on any atom is 0.0314 e. The third-order valence-corrected chi connectivity index (χ3v) is 3.00. The van der Waals surface area contributed by atoms with Crippen LogP contribution in [-0.2, 0) is 6.42 Å². The maximum atomic E-state index is 5.63. The highest BCUT2D eigenvalue weighted by atomic mass is 14.8. The summed E-state index contributed by atoms with van der Waals surface area (Å²) >= 11 is 0. The highest BCUT2D eigenvalue weighted by molar-refractivity contribution is 5.39. The van der Waals surface area contributed by atoms with Gasteiger partial charge >= 0.3 is 0 Å². The van der Waals surface area contributed by atoms with E-state index in [-0.39, 0.29) is 0 Å². The first-order valence-corrected chi connectivity index (χ1v) is 5.90. The zero-order valence-corrected chi connectivity index (χ0v) is 9.21. The molecule has 1 saturated carbocycles. The highest BCUT2D eigenvalue weighted by Gasteiger charge is 2.19. The van der Waals surface area contributed by atoms with E-state index in [0.29, 0.717) is 0 Å². The number of anilines is 1. The zero-order chi connectivity index (χ0) is 10.5. The van der Waals surface area contributed by atoms with Crippen LogP contribution in [0.2, 0.25) is 0 Å². The van der Waals surface area contributed by atoms with Crippen LogP contribution in [0.5, 0.6) is 0 Å². The minimum atomic E-state index is 0.848. The molecule has 1 aliphatic rings. The summed E-state index contributed by atoms with van der Waals surface area (Å²) in [6.45, 7) is 2.26. The molecule has 15 heavy (non-hydrogen) atoms. The second-order valence-corrected chi connectivity index (χ2v) is 4.47. The van der Waals surface area contributed by atoms with Crippen LogP contribution in [0.4, 0.5) is 5.69 Å². The minimum absolute atomic E-state index is 0.848. The van der Waals surface area contributed by atoms with E-state index in [1.165, 1.54) is 31.4 Å². The molecule has 0 amide bonds. The second kappa shape index (κ2) is 5.17. The molecule has 0 aromatic heterocycles. The van der Waals surface area contributed by atoms with Crippen LogP contribution >= 0.6 is 0 Å². The molecule has 2 rings (SSSR count). The van der Waals surface area contributed by atoms with Gasteiger partial charge < -0.3 is 11.1 Å². The van der Waals surface area contributed by atoms with E-state index in [2.05, 4.69) is 17.4 Å². The molecule has 82 valence electrons. The van der Waals surface area contributed by atoms with Gasteiger partial charge in [0.15, 0.2) is 0 Å². The first-order valence-electron chi connectivity index (χ1n) is 5.90. The Bertz CT molecular complexity index is 288. The van der Waals surface area contributed by atoms with Gasteiger partial charge in [-0.25, -0.2) is 0 Å². The van der Waals surface area contributed by atoms with E-state index in [1.807, 2.05) is 12.1 Å². The standard InChI is InChI=1S/C13H20N2/c14-13-5-3-12(4-6-13)8-10-15-9-7-11-1-2-11/h3-6,11,15H,1-2,7-10,14H2. The Morgan fingerprint density at radius 3 is 2.53 bits per heavy atom. The van der Waals surface area contributed by atoms with Crippen molar-refractivity contribution < 1.29 is 0 Å². The lowest BCUT2D eigenvalue weighted by molar-refractivity contribution is 0.613. The summed E-state index contributed by atoms with van der Waals surface area (Å²) in [4.78, 5) is 0. The van der Waals surface area contributed by atoms with Crippen LogP contribution < -0.4 is 11.1 Å². The lowest BCUT2D eigenvalue weighted by atomic mass is 10.1. The first-order chi connectivity index (χ1) is 7.34. The molecule has 0 aliphatic heterocycles. The van der Waals surface area contributed by atoms with Crippen molar-refractivity contribution in [3.63, 3.8) is 0 Å². The molecule has 0 unspecified atom stereocenters. The van der Waals surface area contributed by atoms with Crippen molar-refractivity contribution in [2.24, 2.45) is 5.92 Å². The molecule has 2 nitrogen and oxygen atoms in total. The summed E-state index contributed by atoms with van der Waals surface area (Å²) in [5, 5.41) is 3.49. The lowest BCUT2D eigenvalue weighted by Crippen LogP contribution is -2.18. The van der Waals surface area contributed by atoms with E-state index in [1.54, 1.807) is 0 Å². The van der Waals surface area contributed by atoms with Crippen molar-refractivity contribution in [3.8, 4) is 0 Å². The number of hydrogen-bond acceptors (Lipinski definition) is 2. The third kappa shape index (κ3) is 3.92. The van der Waals surface area contributed by atoms with Crippen LogP contribution in [0, 0.1) is 5.92 Å². The van der Waals surface area contributed by atoms with Crippen LogP contribution in [0.1, 0.15) is 24.8 Å². The average molecular weight is 204 g/mol. The average Bonchev–Trinajstić information content (AvgIpc) is 3.04. The summed E-state index contributed by atoms with van der Waals surface area (Å²) in [7, 11) is 0. The number of rotatable bonds is 6. The summed E-state index contributed by atoms with van der Waals surface area (Å²) in [6, 6.07) is 8.16. The molecular weight excluding hydrogens is 184 g/mol. The van der Waals surface area contributed by atoms with Gasteiger partial charge in [0.25, 0.3) is 0 Å². The molecule has 0 heterocycles. The predicted molar refractivity (Wildman–Crippen MR) is 64.8 cm³/mol. The van der Waals surface area contributed by atoms with Crippen molar-refractivity contribution in [1.29, 1.82) is 0 Å². The van der Waals surface area contributed by atoms with Gasteiger partial charge in [-0.2, -0.15) is 0 Å². The molecular formula is C13H20N2. The minimum Gasteiger partial charge on any atom is -0.399 e. The number of benzene rings is 1. The Balaban J connectivity index is 1.58. The fourth-order valence-corrected chi connectivity index (χ4v) is 1.75. The first kappa shape index (κ1) is 10.5. The predicted octanol–water partition coefficient (Wildman–Crippen LogP) is 2.20. The Hall–Kier alpha value is -1.02. The summed E-state index contributed by atoms with van der Waals surface area (Å²) < 4.78 is 0. The summed E-state index contributed by atoms with van der Waals surface area (Å²) in [6.07, 6.45) is 5.38. The maximum absolute atomic E-state index is 5.63. The molecule has 0 spiro atoms. The van der Waals surface area contributed by atoms with Gasteiger partial charge in [0, 0.05) is 5.69 Å². The number of nitrogen functional groups attached to an aromatic ring is 1. The Morgan fingerprint density at radius 1 is 1.13 bits per heavy atom. The number of nitrogens with two attached hydrogens (primary N) is 1. The SMILES string of the molecule is Nc1ccc(CCNCCC2CC2)cc1. The van der Waals surface area contributed by atoms with E-state index in [9.17, 15) is 0 Å². The van der Waals surface area contributed by atoms with Crippen LogP contribution in [0.3, 0.4) is 0 Å². The fraction of sp³-hybridized carbons (Fsp3) is 0.538. The van der Waals surface area contributed by atoms with Gasteiger partial charge in [0.2, 0.25) is 0 Å². The molecule has 1 aromatic rings. The fourth-order valence-electron chi connectivity index (χ4n) is 1.75. The zero-order valence-electron chi connectivity index (χ0n) is 9.21. The monoisotopic (exact) mass is 204 g/mol. The molecule has 3 N–H and O–H groups in total. The van der Waals surface area contributed by atoms with Crippen LogP contribution in [0.25, 0.3) is 0 Å². The number of nitrogens with one attached hydrogen (secondary N) is 1. The van der Waals surface area contributed by atoms with E-state index >= 15 is 0 Å². The summed E-state index contributed by atoms with van der Waals surface area (Å²) in [5.74, 6) is 1.04. The van der Waals surface area contributed by atoms with Gasteiger partial charge in [-0.3, -0.25) is 0 Å². The topological polar surface area (TPSA) is 38.0 Å². The highest BCUT2D eigenvalue weighted by Crippen LogP contribution is 2.31. The largest absolute Gasteiger partial charge is 0.399 e. The molecule has 0 atom stereocenters. The van der Waals surface area contributed by atoms with E-state index in [0.717, 1.165) is 24.6 Å². The smallest absolute Gasteiger partial charge is 0.0314 e. The molecule has 0 radical (unpaired) electrons. The molecule has 0 bridgehead atoms. The molecule has 1 aliphatic carbocycles. The Labute approximate surface area is 91.9 Å². The van der Waals surface area contributed by atoms with Gasteiger partial charge in [-0.1, -0.05) is 25.0 Å². The lowest BCUT2D eigenvalue weighted by Gasteiger charge is -2.04. The quantitative estimate of drug-likeness (QED) is 0.550. The third-order valence-electron chi connectivity index (χ3n) is 3.00. The normalized spacial score (nSPS) is 15.5. The van der Waals surface area contributed by atoms with E-state index in [4.69, 9.17) is 5.73 Å². The second-order valence-electron chi connectivity index (χ2n) is 4.47. The summed E-state index contributed by atoms with van der Waals surface area (Å²) in [5.41, 5.74) is 7.84. The van der Waals surface area contributed by atoms with Gasteiger partial charge in [-0.15, -0.1) is 0 Å². The molecule has 0 saturated heterocycles. The van der Waals surface area contributed by atoms with Gasteiger partial charge in [0.05, 0.1) is 0 Å².